The molecule has 2 aliphatic heterocycles. The van der Waals surface area contributed by atoms with Crippen molar-refractivity contribution in [1.82, 2.24) is 13.5 Å². The first-order chi connectivity index (χ1) is 13.4. The number of nitrogens with zero attached hydrogens (tertiary/aromatic N) is 3. The summed E-state index contributed by atoms with van der Waals surface area (Å²) in [6.07, 6.45) is 3.79. The molecule has 0 unspecified atom stereocenters. The molecule has 0 N–H and O–H groups in total. The molecule has 0 radical (unpaired) electrons. The highest BCUT2D eigenvalue weighted by atomic mass is 32.2. The van der Waals surface area contributed by atoms with E-state index in [2.05, 4.69) is 0 Å². The molecular weight excluding hydrogens is 378 g/mol. The number of hydrogen-bond acceptors (Lipinski definition) is 4. The van der Waals surface area contributed by atoms with Gasteiger partial charge in [-0.15, -0.1) is 0 Å². The Morgan fingerprint density at radius 1 is 1.00 bits per heavy atom. The van der Waals surface area contributed by atoms with Crippen molar-refractivity contribution < 1.29 is 17.6 Å². The minimum Gasteiger partial charge on any atom is -0.464 e. The summed E-state index contributed by atoms with van der Waals surface area (Å²) in [5.74, 6) is 0.0131. The standard InChI is InChI=1S/C20H27N3O4S/c1-15-5-6-18-17(14-27-20(18)16(15)2)13-19(24)21-9-11-23(12-10-21)28(25,26)22-7-3-4-8-22/h5-6,14H,3-4,7-13H2,1-2H3. The number of piperazine rings is 1. The number of furan rings is 1. The van der Waals surface area contributed by atoms with E-state index in [0.29, 0.717) is 39.3 Å². The van der Waals surface area contributed by atoms with E-state index in [0.717, 1.165) is 40.5 Å². The Bertz CT molecular complexity index is 984. The largest absolute Gasteiger partial charge is 0.464 e. The third-order valence-corrected chi connectivity index (χ3v) is 8.03. The summed E-state index contributed by atoms with van der Waals surface area (Å²) < 4.78 is 34.1. The van der Waals surface area contributed by atoms with Gasteiger partial charge in [0.15, 0.2) is 0 Å². The number of benzene rings is 1. The van der Waals surface area contributed by atoms with Crippen molar-refractivity contribution in [3.05, 3.63) is 35.1 Å². The van der Waals surface area contributed by atoms with Gasteiger partial charge in [-0.05, 0) is 37.8 Å². The van der Waals surface area contributed by atoms with E-state index < -0.39 is 10.2 Å². The first-order valence-corrected chi connectivity index (χ1v) is 11.3. The van der Waals surface area contributed by atoms with Crippen molar-refractivity contribution in [2.45, 2.75) is 33.1 Å². The van der Waals surface area contributed by atoms with Crippen molar-refractivity contribution in [3.8, 4) is 0 Å². The van der Waals surface area contributed by atoms with E-state index in [9.17, 15) is 13.2 Å². The van der Waals surface area contributed by atoms with Crippen LogP contribution in [0.1, 0.15) is 29.5 Å². The molecule has 1 amide bonds. The molecule has 8 heteroatoms. The molecule has 4 rings (SSSR count). The maximum Gasteiger partial charge on any atom is 0.282 e. The topological polar surface area (TPSA) is 74.1 Å². The van der Waals surface area contributed by atoms with Crippen molar-refractivity contribution in [3.63, 3.8) is 0 Å². The Hall–Kier alpha value is -1.90. The minimum absolute atomic E-state index is 0.0131. The van der Waals surface area contributed by atoms with Gasteiger partial charge in [0.1, 0.15) is 5.58 Å². The summed E-state index contributed by atoms with van der Waals surface area (Å²) in [7, 11) is -3.38. The van der Waals surface area contributed by atoms with Gasteiger partial charge in [-0.25, -0.2) is 0 Å². The zero-order valence-corrected chi connectivity index (χ0v) is 17.3. The minimum atomic E-state index is -3.38. The number of fused-ring (bicyclic) bond motifs is 1. The van der Waals surface area contributed by atoms with Gasteiger partial charge in [0.2, 0.25) is 5.91 Å². The highest BCUT2D eigenvalue weighted by Crippen LogP contribution is 2.27. The van der Waals surface area contributed by atoms with Crippen molar-refractivity contribution in [2.24, 2.45) is 0 Å². The van der Waals surface area contributed by atoms with Gasteiger partial charge in [0, 0.05) is 50.2 Å². The molecule has 2 aromatic rings. The van der Waals surface area contributed by atoms with Crippen molar-refractivity contribution in [1.29, 1.82) is 0 Å². The van der Waals surface area contributed by atoms with Crippen LogP contribution < -0.4 is 0 Å². The Kier molecular flexibility index (Phi) is 5.20. The van der Waals surface area contributed by atoms with E-state index >= 15 is 0 Å². The molecule has 28 heavy (non-hydrogen) atoms. The van der Waals surface area contributed by atoms with Crippen molar-refractivity contribution >= 4 is 27.1 Å². The Labute approximate surface area is 166 Å². The number of hydrogen-bond donors (Lipinski definition) is 0. The summed E-state index contributed by atoms with van der Waals surface area (Å²) in [4.78, 5) is 14.5. The molecule has 1 aromatic carbocycles. The lowest BCUT2D eigenvalue weighted by atomic mass is 10.0. The molecule has 152 valence electrons. The third-order valence-electron chi connectivity index (χ3n) is 5.99. The zero-order valence-electron chi connectivity index (χ0n) is 16.5. The molecule has 0 saturated carbocycles. The smallest absolute Gasteiger partial charge is 0.282 e. The molecule has 2 aliphatic rings. The van der Waals surface area contributed by atoms with Crippen LogP contribution in [-0.4, -0.2) is 67.1 Å². The highest BCUT2D eigenvalue weighted by Gasteiger charge is 2.34. The van der Waals surface area contributed by atoms with Crippen LogP contribution in [0.4, 0.5) is 0 Å². The van der Waals surface area contributed by atoms with Gasteiger partial charge in [-0.2, -0.15) is 17.0 Å². The molecule has 0 aliphatic carbocycles. The average molecular weight is 406 g/mol. The molecule has 2 saturated heterocycles. The van der Waals surface area contributed by atoms with Crippen LogP contribution in [0.3, 0.4) is 0 Å². The number of aryl methyl sites for hydroxylation is 2. The molecule has 0 spiro atoms. The fourth-order valence-electron chi connectivity index (χ4n) is 4.05. The molecule has 0 atom stereocenters. The van der Waals surface area contributed by atoms with Gasteiger partial charge >= 0.3 is 0 Å². The fraction of sp³-hybridized carbons (Fsp3) is 0.550. The number of rotatable bonds is 4. The van der Waals surface area contributed by atoms with E-state index in [1.54, 1.807) is 15.5 Å². The molecule has 0 bridgehead atoms. The second-order valence-corrected chi connectivity index (χ2v) is 9.64. The van der Waals surface area contributed by atoms with Crippen LogP contribution in [0.15, 0.2) is 22.8 Å². The number of carbonyl (C=O) groups is 1. The molecule has 1 aromatic heterocycles. The Balaban J connectivity index is 1.40. The van der Waals surface area contributed by atoms with Crippen LogP contribution in [-0.2, 0) is 21.4 Å². The van der Waals surface area contributed by atoms with Gasteiger partial charge < -0.3 is 9.32 Å². The summed E-state index contributed by atoms with van der Waals surface area (Å²) in [5.41, 5.74) is 3.98. The van der Waals surface area contributed by atoms with Crippen LogP contribution >= 0.6 is 0 Å². The van der Waals surface area contributed by atoms with E-state index in [4.69, 9.17) is 4.42 Å². The van der Waals surface area contributed by atoms with Crippen molar-refractivity contribution in [2.75, 3.05) is 39.3 Å². The SMILES string of the molecule is Cc1ccc2c(CC(=O)N3CCN(S(=O)(=O)N4CCCC4)CC3)coc2c1C. The van der Waals surface area contributed by atoms with Crippen LogP contribution in [0.5, 0.6) is 0 Å². The van der Waals surface area contributed by atoms with E-state index in [-0.39, 0.29) is 12.3 Å². The number of amides is 1. The van der Waals surface area contributed by atoms with Gasteiger partial charge in [-0.3, -0.25) is 4.79 Å². The highest BCUT2D eigenvalue weighted by molar-refractivity contribution is 7.86. The molecule has 3 heterocycles. The second-order valence-electron chi connectivity index (χ2n) is 7.72. The predicted molar refractivity (Wildman–Crippen MR) is 107 cm³/mol. The maximum atomic E-state index is 12.8. The first-order valence-electron chi connectivity index (χ1n) is 9.87. The lowest BCUT2D eigenvalue weighted by Crippen LogP contribution is -2.54. The monoisotopic (exact) mass is 405 g/mol. The lowest BCUT2D eigenvalue weighted by molar-refractivity contribution is -0.131. The lowest BCUT2D eigenvalue weighted by Gasteiger charge is -2.35. The summed E-state index contributed by atoms with van der Waals surface area (Å²) in [6.45, 7) is 6.84. The number of carbonyl (C=O) groups excluding carboxylic acids is 1. The first kappa shape index (κ1) is 19.4. The third kappa shape index (κ3) is 3.44. The fourth-order valence-corrected chi connectivity index (χ4v) is 5.72. The maximum absolute atomic E-state index is 12.8. The van der Waals surface area contributed by atoms with Gasteiger partial charge in [0.05, 0.1) is 12.7 Å². The predicted octanol–water partition coefficient (Wildman–Crippen LogP) is 2.08. The van der Waals surface area contributed by atoms with E-state index in [1.807, 2.05) is 26.0 Å². The zero-order chi connectivity index (χ0) is 19.9. The summed E-state index contributed by atoms with van der Waals surface area (Å²) in [6, 6.07) is 4.05. The second kappa shape index (κ2) is 7.50. The molecule has 2 fully saturated rings. The van der Waals surface area contributed by atoms with Crippen LogP contribution in [0.2, 0.25) is 0 Å². The van der Waals surface area contributed by atoms with Crippen LogP contribution in [0.25, 0.3) is 11.0 Å². The van der Waals surface area contributed by atoms with Crippen LogP contribution in [0, 0.1) is 13.8 Å². The normalized spacial score (nSPS) is 19.6. The Morgan fingerprint density at radius 3 is 2.32 bits per heavy atom. The quantitative estimate of drug-likeness (QED) is 0.781. The Morgan fingerprint density at radius 2 is 1.64 bits per heavy atom. The molecular formula is C20H27N3O4S. The molecule has 7 nitrogen and oxygen atoms in total. The van der Waals surface area contributed by atoms with E-state index in [1.165, 1.54) is 4.31 Å². The average Bonchev–Trinajstić information content (AvgIpc) is 3.36. The summed E-state index contributed by atoms with van der Waals surface area (Å²) >= 11 is 0. The summed E-state index contributed by atoms with van der Waals surface area (Å²) in [5, 5.41) is 0.978. The van der Waals surface area contributed by atoms with Gasteiger partial charge in [0.25, 0.3) is 10.2 Å². The van der Waals surface area contributed by atoms with Gasteiger partial charge in [-0.1, -0.05) is 12.1 Å².